The zero-order valence-corrected chi connectivity index (χ0v) is 29.0. The first-order chi connectivity index (χ1) is 21.7. The molecule has 0 spiro atoms. The Morgan fingerprint density at radius 2 is 1.52 bits per heavy atom. The molecule has 0 bridgehead atoms. The number of methoxy groups -OCH3 is 4. The molecule has 0 aliphatic rings. The maximum Gasteiger partial charge on any atom is 0.265 e. The van der Waals surface area contributed by atoms with Gasteiger partial charge in [0.2, 0.25) is 11.8 Å². The molecule has 1 N–H and O–H groups in total. The molecule has 3 rings (SSSR count). The normalized spacial score (nSPS) is 12.1. The fourth-order valence-corrected chi connectivity index (χ4v) is 6.41. The van der Waals surface area contributed by atoms with Gasteiger partial charge in [0, 0.05) is 23.2 Å². The van der Waals surface area contributed by atoms with E-state index in [0.29, 0.717) is 17.1 Å². The van der Waals surface area contributed by atoms with Gasteiger partial charge in [-0.05, 0) is 75.2 Å². The van der Waals surface area contributed by atoms with E-state index in [1.807, 2.05) is 20.8 Å². The molecule has 0 aromatic heterocycles. The molecule has 0 heterocycles. The van der Waals surface area contributed by atoms with Crippen LogP contribution in [0.15, 0.2) is 65.6 Å². The van der Waals surface area contributed by atoms with Crippen molar-refractivity contribution in [3.05, 3.63) is 71.2 Å². The molecule has 0 fully saturated rings. The zero-order chi connectivity index (χ0) is 34.2. The van der Waals surface area contributed by atoms with Crippen molar-refractivity contribution in [1.29, 1.82) is 0 Å². The summed E-state index contributed by atoms with van der Waals surface area (Å²) < 4.78 is 51.3. The van der Waals surface area contributed by atoms with Gasteiger partial charge >= 0.3 is 0 Å². The minimum absolute atomic E-state index is 0.00301. The third-order valence-electron chi connectivity index (χ3n) is 7.00. The highest BCUT2D eigenvalue weighted by molar-refractivity contribution is 7.92. The van der Waals surface area contributed by atoms with Gasteiger partial charge in [-0.3, -0.25) is 13.9 Å². The second-order valence-electron chi connectivity index (χ2n) is 11.4. The van der Waals surface area contributed by atoms with Crippen LogP contribution >= 0.6 is 11.6 Å². The number of sulfonamides is 1. The monoisotopic (exact) mass is 675 g/mol. The average Bonchev–Trinajstić information content (AvgIpc) is 3.02. The molecule has 0 unspecified atom stereocenters. The Labute approximate surface area is 276 Å². The molecule has 11 nitrogen and oxygen atoms in total. The van der Waals surface area contributed by atoms with Crippen LogP contribution in [0.25, 0.3) is 0 Å². The number of nitrogens with one attached hydrogen (secondary N) is 1. The summed E-state index contributed by atoms with van der Waals surface area (Å²) in [4.78, 5) is 29.2. The van der Waals surface area contributed by atoms with Gasteiger partial charge in [-0.2, -0.15) is 0 Å². The number of anilines is 1. The molecule has 3 aromatic carbocycles. The Morgan fingerprint density at radius 3 is 2.11 bits per heavy atom. The summed E-state index contributed by atoms with van der Waals surface area (Å²) in [7, 11) is 1.27. The maximum absolute atomic E-state index is 14.4. The van der Waals surface area contributed by atoms with E-state index in [4.69, 9.17) is 30.5 Å². The molecule has 13 heteroatoms. The van der Waals surface area contributed by atoms with Gasteiger partial charge < -0.3 is 29.2 Å². The van der Waals surface area contributed by atoms with Crippen LogP contribution in [0.1, 0.15) is 39.7 Å². The predicted molar refractivity (Wildman–Crippen MR) is 178 cm³/mol. The Kier molecular flexibility index (Phi) is 12.2. The molecule has 2 amide bonds. The highest BCUT2D eigenvalue weighted by Crippen LogP contribution is 2.37. The fourth-order valence-electron chi connectivity index (χ4n) is 4.82. The van der Waals surface area contributed by atoms with Crippen LogP contribution in [0.4, 0.5) is 5.69 Å². The molecular formula is C33H42ClN3O8S. The van der Waals surface area contributed by atoms with Crippen molar-refractivity contribution in [2.45, 2.75) is 57.1 Å². The lowest BCUT2D eigenvalue weighted by atomic mass is 10.1. The van der Waals surface area contributed by atoms with Crippen LogP contribution in [0.5, 0.6) is 23.0 Å². The van der Waals surface area contributed by atoms with Gasteiger partial charge in [-0.15, -0.1) is 0 Å². The fraction of sp³-hybridized carbons (Fsp3) is 0.394. The summed E-state index contributed by atoms with van der Waals surface area (Å²) in [5, 5.41) is 3.17. The third kappa shape index (κ3) is 8.76. The maximum atomic E-state index is 14.4. The van der Waals surface area contributed by atoms with Crippen molar-refractivity contribution in [3.63, 3.8) is 0 Å². The minimum Gasteiger partial charge on any atom is -0.497 e. The van der Waals surface area contributed by atoms with Crippen molar-refractivity contribution >= 4 is 39.1 Å². The number of rotatable bonds is 14. The summed E-state index contributed by atoms with van der Waals surface area (Å²) in [6, 6.07) is 14.8. The molecule has 0 radical (unpaired) electrons. The Balaban J connectivity index is 2.20. The SMILES string of the molecule is CC[C@H](C(=O)NC(C)(C)C)N(Cc1cccc(OC)c1)C(=O)CN(c1cc(Cl)ccc1OC)S(=O)(=O)c1ccc(OC)c(OC)c1. The molecule has 0 saturated carbocycles. The standard InChI is InChI=1S/C33H42ClN3O8S/c1-9-26(32(39)35-33(2,3)4)36(20-22-11-10-12-24(17-22)42-5)31(38)21-37(27-18-23(34)13-15-28(27)43-6)46(40,41)25-14-16-29(44-7)30(19-25)45-8/h10-19,26H,9,20-21H2,1-8H3,(H,35,39)/t26-/m1/s1. The summed E-state index contributed by atoms with van der Waals surface area (Å²) >= 11 is 6.34. The quantitative estimate of drug-likeness (QED) is 0.245. The van der Waals surface area contributed by atoms with E-state index in [1.54, 1.807) is 37.3 Å². The predicted octanol–water partition coefficient (Wildman–Crippen LogP) is 5.29. The molecular weight excluding hydrogens is 634 g/mol. The zero-order valence-electron chi connectivity index (χ0n) is 27.4. The van der Waals surface area contributed by atoms with E-state index in [0.717, 1.165) is 4.31 Å². The van der Waals surface area contributed by atoms with Gasteiger partial charge in [0.25, 0.3) is 10.0 Å². The topological polar surface area (TPSA) is 124 Å². The van der Waals surface area contributed by atoms with Crippen LogP contribution in [0.2, 0.25) is 5.02 Å². The Bertz CT molecular complexity index is 1640. The van der Waals surface area contributed by atoms with Crippen molar-refractivity contribution in [1.82, 2.24) is 10.2 Å². The Morgan fingerprint density at radius 1 is 0.870 bits per heavy atom. The van der Waals surface area contributed by atoms with Crippen molar-refractivity contribution in [3.8, 4) is 23.0 Å². The average molecular weight is 676 g/mol. The lowest BCUT2D eigenvalue weighted by Crippen LogP contribution is -2.55. The first kappa shape index (κ1) is 36.3. The number of benzene rings is 3. The lowest BCUT2D eigenvalue weighted by Gasteiger charge is -2.35. The second-order valence-corrected chi connectivity index (χ2v) is 13.7. The molecule has 46 heavy (non-hydrogen) atoms. The number of hydrogen-bond donors (Lipinski definition) is 1. The smallest absolute Gasteiger partial charge is 0.265 e. The number of nitrogens with zero attached hydrogens (tertiary/aromatic N) is 2. The third-order valence-corrected chi connectivity index (χ3v) is 8.99. The summed E-state index contributed by atoms with van der Waals surface area (Å²) in [5.74, 6) is 0.226. The van der Waals surface area contributed by atoms with Gasteiger partial charge in [0.1, 0.15) is 24.1 Å². The van der Waals surface area contributed by atoms with Crippen molar-refractivity contribution < 1.29 is 37.0 Å². The number of hydrogen-bond acceptors (Lipinski definition) is 8. The van der Waals surface area contributed by atoms with Crippen LogP contribution < -0.4 is 28.6 Å². The van der Waals surface area contributed by atoms with Gasteiger partial charge in [0.05, 0.1) is 39.0 Å². The number of carbonyl (C=O) groups is 2. The molecule has 1 atom stereocenters. The minimum atomic E-state index is -4.46. The highest BCUT2D eigenvalue weighted by Gasteiger charge is 2.36. The first-order valence-electron chi connectivity index (χ1n) is 14.5. The summed E-state index contributed by atoms with van der Waals surface area (Å²) in [5.41, 5.74) is 0.141. The van der Waals surface area contributed by atoms with E-state index < -0.39 is 34.1 Å². The number of carbonyl (C=O) groups excluding carboxylic acids is 2. The second kappa shape index (κ2) is 15.4. The van der Waals surface area contributed by atoms with E-state index in [-0.39, 0.29) is 46.0 Å². The first-order valence-corrected chi connectivity index (χ1v) is 16.3. The van der Waals surface area contributed by atoms with Gasteiger partial charge in [-0.25, -0.2) is 8.42 Å². The van der Waals surface area contributed by atoms with E-state index in [9.17, 15) is 18.0 Å². The molecule has 0 saturated heterocycles. The molecule has 250 valence electrons. The largest absolute Gasteiger partial charge is 0.497 e. The van der Waals surface area contributed by atoms with Crippen molar-refractivity contribution in [2.75, 3.05) is 39.3 Å². The summed E-state index contributed by atoms with van der Waals surface area (Å²) in [6.07, 6.45) is 0.264. The van der Waals surface area contributed by atoms with Crippen LogP contribution in [0, 0.1) is 0 Å². The van der Waals surface area contributed by atoms with Gasteiger partial charge in [-0.1, -0.05) is 30.7 Å². The van der Waals surface area contributed by atoms with Crippen LogP contribution in [-0.4, -0.2) is 71.7 Å². The molecule has 0 aliphatic heterocycles. The van der Waals surface area contributed by atoms with E-state index in [2.05, 4.69) is 5.32 Å². The molecule has 0 aliphatic carbocycles. The van der Waals surface area contributed by atoms with Gasteiger partial charge in [0.15, 0.2) is 11.5 Å². The van der Waals surface area contributed by atoms with Crippen molar-refractivity contribution in [2.24, 2.45) is 0 Å². The van der Waals surface area contributed by atoms with E-state index in [1.165, 1.54) is 63.7 Å². The molecule has 3 aromatic rings. The highest BCUT2D eigenvalue weighted by atomic mass is 35.5. The van der Waals surface area contributed by atoms with Crippen LogP contribution in [0.3, 0.4) is 0 Å². The summed E-state index contributed by atoms with van der Waals surface area (Å²) in [6.45, 7) is 6.63. The van der Waals surface area contributed by atoms with E-state index >= 15 is 0 Å². The number of ether oxygens (including phenoxy) is 4. The lowest BCUT2D eigenvalue weighted by molar-refractivity contribution is -0.141. The van der Waals surface area contributed by atoms with Crippen LogP contribution in [-0.2, 0) is 26.2 Å². The Hall–Kier alpha value is -4.16. The number of halogens is 1. The number of amides is 2.